The Balaban J connectivity index is 1.83. The number of likely N-dealkylation sites (N-methyl/N-ethyl adjacent to an activating group) is 1. The molecule has 0 saturated carbocycles. The van der Waals surface area contributed by atoms with Gasteiger partial charge in [-0.1, -0.05) is 12.1 Å². The van der Waals surface area contributed by atoms with Gasteiger partial charge in [0.2, 0.25) is 0 Å². The van der Waals surface area contributed by atoms with Crippen molar-refractivity contribution in [1.82, 2.24) is 15.1 Å². The average Bonchev–Trinajstić information content (AvgIpc) is 2.87. The smallest absolute Gasteiger partial charge is 0.298 e. The highest BCUT2D eigenvalue weighted by atomic mass is 19.4. The number of aromatic nitrogens is 2. The number of hydrogen-bond donors (Lipinski definition) is 0. The minimum absolute atomic E-state index is 0.0193. The summed E-state index contributed by atoms with van der Waals surface area (Å²) in [6.45, 7) is 0.557. The van der Waals surface area contributed by atoms with Gasteiger partial charge in [-0.3, -0.25) is 4.90 Å². The van der Waals surface area contributed by atoms with Gasteiger partial charge < -0.3 is 0 Å². The molecule has 3 aromatic rings. The van der Waals surface area contributed by atoms with Gasteiger partial charge in [-0.05, 0) is 48.5 Å². The Kier molecular flexibility index (Phi) is 5.30. The van der Waals surface area contributed by atoms with Gasteiger partial charge in [-0.15, -0.1) is 10.2 Å². The molecule has 0 radical (unpaired) electrons. The van der Waals surface area contributed by atoms with Gasteiger partial charge in [0, 0.05) is 35.8 Å². The van der Waals surface area contributed by atoms with E-state index in [0.29, 0.717) is 17.7 Å². The van der Waals surface area contributed by atoms with Gasteiger partial charge in [-0.25, -0.2) is 13.2 Å². The molecule has 0 saturated heterocycles. The zero-order valence-corrected chi connectivity index (χ0v) is 16.1. The summed E-state index contributed by atoms with van der Waals surface area (Å²) in [5.41, 5.74) is -0.0820. The number of alkyl halides is 3. The minimum Gasteiger partial charge on any atom is -0.298 e. The second-order valence-electron chi connectivity index (χ2n) is 7.19. The van der Waals surface area contributed by atoms with E-state index in [1.807, 2.05) is 0 Å². The quantitative estimate of drug-likeness (QED) is 0.501. The lowest BCUT2D eigenvalue weighted by Gasteiger charge is -2.17. The van der Waals surface area contributed by atoms with Crippen LogP contribution >= 0.6 is 0 Å². The molecule has 1 aromatic heterocycles. The lowest BCUT2D eigenvalue weighted by molar-refractivity contribution is -0.141. The Labute approximate surface area is 173 Å². The van der Waals surface area contributed by atoms with E-state index in [1.165, 1.54) is 12.1 Å². The molecule has 0 atom stereocenters. The van der Waals surface area contributed by atoms with Gasteiger partial charge in [-0.2, -0.15) is 13.2 Å². The van der Waals surface area contributed by atoms with E-state index in [2.05, 4.69) is 10.2 Å². The molecule has 0 amide bonds. The largest absolute Gasteiger partial charge is 0.435 e. The second-order valence-corrected chi connectivity index (χ2v) is 7.19. The first kappa shape index (κ1) is 21.0. The Morgan fingerprint density at radius 3 is 2.23 bits per heavy atom. The Morgan fingerprint density at radius 1 is 0.871 bits per heavy atom. The molecule has 9 heteroatoms. The third-order valence-electron chi connectivity index (χ3n) is 5.02. The van der Waals surface area contributed by atoms with Gasteiger partial charge in [0.25, 0.3) is 0 Å². The predicted molar refractivity (Wildman–Crippen MR) is 102 cm³/mol. The molecule has 2 heterocycles. The number of fused-ring (bicyclic) bond motifs is 1. The van der Waals surface area contributed by atoms with Gasteiger partial charge in [0.15, 0.2) is 5.69 Å². The number of hydrogen-bond acceptors (Lipinski definition) is 3. The highest BCUT2D eigenvalue weighted by Gasteiger charge is 2.33. The van der Waals surface area contributed by atoms with E-state index in [0.717, 1.165) is 24.3 Å². The molecule has 0 fully saturated rings. The van der Waals surface area contributed by atoms with Gasteiger partial charge in [0.05, 0.1) is 5.69 Å². The molecule has 0 N–H and O–H groups in total. The molecule has 4 rings (SSSR count). The molecule has 0 bridgehead atoms. The van der Waals surface area contributed by atoms with Gasteiger partial charge in [0.1, 0.15) is 17.5 Å². The maximum atomic E-state index is 15.5. The predicted octanol–water partition coefficient (Wildman–Crippen LogP) is 5.46. The summed E-state index contributed by atoms with van der Waals surface area (Å²) in [7, 11) is 1.74. The second kappa shape index (κ2) is 7.81. The molecular weight excluding hydrogens is 420 g/mol. The van der Waals surface area contributed by atoms with Crippen molar-refractivity contribution in [3.8, 4) is 11.3 Å². The number of halogens is 6. The van der Waals surface area contributed by atoms with Crippen LogP contribution in [0.5, 0.6) is 0 Å². The summed E-state index contributed by atoms with van der Waals surface area (Å²) >= 11 is 0. The molecule has 3 nitrogen and oxygen atoms in total. The number of rotatable bonds is 2. The van der Waals surface area contributed by atoms with Crippen molar-refractivity contribution in [2.75, 3.05) is 13.6 Å². The van der Waals surface area contributed by atoms with E-state index >= 15 is 4.39 Å². The van der Waals surface area contributed by atoms with Crippen molar-refractivity contribution in [1.29, 1.82) is 0 Å². The molecule has 31 heavy (non-hydrogen) atoms. The van der Waals surface area contributed by atoms with Crippen molar-refractivity contribution >= 4 is 5.57 Å². The average molecular weight is 435 g/mol. The molecule has 1 aliphatic rings. The third-order valence-corrected chi connectivity index (χ3v) is 5.02. The van der Waals surface area contributed by atoms with E-state index in [4.69, 9.17) is 0 Å². The van der Waals surface area contributed by atoms with Crippen LogP contribution in [0.15, 0.2) is 48.5 Å². The summed E-state index contributed by atoms with van der Waals surface area (Å²) in [6.07, 6.45) is -2.93. The standard InChI is InChI=1S/C22H15F6N3/c1-31-9-8-14(15-3-2-12(23)10-18(15)24)13-4-5-16(21(25)17(13)11-31)19-6-7-20(30-29-19)22(26,27)28/h2-8,10H,9,11H2,1H3. The van der Waals surface area contributed by atoms with E-state index in [-0.39, 0.29) is 28.9 Å². The minimum atomic E-state index is -4.65. The normalized spacial score (nSPS) is 14.7. The van der Waals surface area contributed by atoms with E-state index < -0.39 is 29.3 Å². The first-order chi connectivity index (χ1) is 14.6. The summed E-state index contributed by atoms with van der Waals surface area (Å²) in [4.78, 5) is 1.79. The summed E-state index contributed by atoms with van der Waals surface area (Å²) in [6, 6.07) is 7.88. The fourth-order valence-corrected chi connectivity index (χ4v) is 3.51. The maximum absolute atomic E-state index is 15.5. The van der Waals surface area contributed by atoms with Crippen molar-refractivity contribution in [2.45, 2.75) is 12.7 Å². The number of benzene rings is 2. The first-order valence-electron chi connectivity index (χ1n) is 9.22. The van der Waals surface area contributed by atoms with Crippen LogP contribution in [0.1, 0.15) is 22.4 Å². The fourth-order valence-electron chi connectivity index (χ4n) is 3.51. The van der Waals surface area contributed by atoms with Crippen LogP contribution in [0.25, 0.3) is 16.8 Å². The maximum Gasteiger partial charge on any atom is 0.435 e. The molecule has 0 aliphatic carbocycles. The van der Waals surface area contributed by atoms with Crippen molar-refractivity contribution in [3.05, 3.63) is 88.4 Å². The van der Waals surface area contributed by atoms with Crippen LogP contribution in [0.3, 0.4) is 0 Å². The van der Waals surface area contributed by atoms with Crippen LogP contribution < -0.4 is 0 Å². The highest BCUT2D eigenvalue weighted by Crippen LogP contribution is 2.36. The highest BCUT2D eigenvalue weighted by molar-refractivity contribution is 5.83. The molecule has 160 valence electrons. The van der Waals surface area contributed by atoms with Crippen LogP contribution in [-0.2, 0) is 12.7 Å². The SMILES string of the molecule is CN1CC=C(c2ccc(F)cc2F)c2ccc(-c3ccc(C(F)(F)F)nn3)c(F)c2C1. The molecule has 0 spiro atoms. The summed E-state index contributed by atoms with van der Waals surface area (Å²) in [5.74, 6) is -2.19. The van der Waals surface area contributed by atoms with E-state index in [1.54, 1.807) is 24.1 Å². The Morgan fingerprint density at radius 2 is 1.58 bits per heavy atom. The molecular formula is C22H15F6N3. The van der Waals surface area contributed by atoms with Crippen molar-refractivity contribution in [2.24, 2.45) is 0 Å². The number of nitrogens with zero attached hydrogens (tertiary/aromatic N) is 3. The fraction of sp³-hybridized carbons (Fsp3) is 0.182. The lowest BCUT2D eigenvalue weighted by atomic mass is 9.91. The zero-order chi connectivity index (χ0) is 22.3. The first-order valence-corrected chi connectivity index (χ1v) is 9.22. The zero-order valence-electron chi connectivity index (χ0n) is 16.1. The van der Waals surface area contributed by atoms with E-state index in [9.17, 15) is 22.0 Å². The lowest BCUT2D eigenvalue weighted by Crippen LogP contribution is -2.17. The molecule has 1 aliphatic heterocycles. The van der Waals surface area contributed by atoms with Crippen LogP contribution in [0.4, 0.5) is 26.3 Å². The van der Waals surface area contributed by atoms with Crippen molar-refractivity contribution in [3.63, 3.8) is 0 Å². The van der Waals surface area contributed by atoms with Crippen LogP contribution in [-0.4, -0.2) is 28.7 Å². The monoisotopic (exact) mass is 435 g/mol. The third kappa shape index (κ3) is 4.05. The van der Waals surface area contributed by atoms with Gasteiger partial charge >= 0.3 is 6.18 Å². The Bertz CT molecular complexity index is 1170. The topological polar surface area (TPSA) is 29.0 Å². The van der Waals surface area contributed by atoms with Crippen molar-refractivity contribution < 1.29 is 26.3 Å². The Hall–Kier alpha value is -3.20. The summed E-state index contributed by atoms with van der Waals surface area (Å²) < 4.78 is 81.5. The van der Waals surface area contributed by atoms with Crippen LogP contribution in [0, 0.1) is 17.5 Å². The van der Waals surface area contributed by atoms with Crippen LogP contribution in [0.2, 0.25) is 0 Å². The summed E-state index contributed by atoms with van der Waals surface area (Å²) in [5, 5.41) is 6.68. The molecule has 2 aromatic carbocycles. The molecule has 0 unspecified atom stereocenters.